The Morgan fingerprint density at radius 1 is 1.21 bits per heavy atom. The lowest BCUT2D eigenvalue weighted by Gasteiger charge is -2.39. The monoisotopic (exact) mass is 452 g/mol. The van der Waals surface area contributed by atoms with Gasteiger partial charge in [-0.1, -0.05) is 0 Å². The summed E-state index contributed by atoms with van der Waals surface area (Å²) in [6, 6.07) is 0.464. The van der Waals surface area contributed by atoms with Gasteiger partial charge in [0.15, 0.2) is 5.82 Å². The molecule has 1 amide bonds. The normalized spacial score (nSPS) is 27.8. The summed E-state index contributed by atoms with van der Waals surface area (Å²) in [4.78, 5) is 38.4. The van der Waals surface area contributed by atoms with Crippen LogP contribution in [0.4, 0.5) is 0 Å². The highest BCUT2D eigenvalue weighted by Crippen LogP contribution is 2.49. The maximum Gasteiger partial charge on any atom is 0.336 e. The Hall–Kier alpha value is -3.21. The molecule has 11 heteroatoms. The number of rotatable bonds is 5. The van der Waals surface area contributed by atoms with Crippen LogP contribution in [0.25, 0.3) is 5.82 Å². The minimum absolute atomic E-state index is 0.0835. The number of cyclic esters (lactones) is 1. The number of hydrogen-bond acceptors (Lipinski definition) is 9. The van der Waals surface area contributed by atoms with Crippen LogP contribution in [0.5, 0.6) is 0 Å². The Bertz CT molecular complexity index is 1070. The first-order chi connectivity index (χ1) is 15.9. The lowest BCUT2D eigenvalue weighted by molar-refractivity contribution is -0.139. The van der Waals surface area contributed by atoms with Gasteiger partial charge in [0.1, 0.15) is 12.9 Å². The molecule has 5 rings (SSSR count). The average Bonchev–Trinajstić information content (AvgIpc) is 3.51. The molecule has 1 aliphatic carbocycles. The van der Waals surface area contributed by atoms with Gasteiger partial charge in [0.05, 0.1) is 34.8 Å². The van der Waals surface area contributed by atoms with Crippen molar-refractivity contribution >= 4 is 11.9 Å². The fraction of sp³-hybridized carbons (Fsp3) is 0.591. The molecule has 2 fully saturated rings. The maximum atomic E-state index is 13.5. The zero-order chi connectivity index (χ0) is 23.2. The van der Waals surface area contributed by atoms with Crippen molar-refractivity contribution in [1.29, 1.82) is 0 Å². The molecule has 2 aliphatic heterocycles. The summed E-state index contributed by atoms with van der Waals surface area (Å²) in [5.41, 5.74) is 1.85. The van der Waals surface area contributed by atoms with E-state index in [4.69, 9.17) is 4.74 Å². The minimum Gasteiger partial charge on any atom is -0.456 e. The highest BCUT2D eigenvalue weighted by atomic mass is 16.5. The van der Waals surface area contributed by atoms with Crippen LogP contribution >= 0.6 is 0 Å². The highest BCUT2D eigenvalue weighted by molar-refractivity contribution is 5.94. The van der Waals surface area contributed by atoms with Gasteiger partial charge in [0.2, 0.25) is 5.91 Å². The SMILES string of the molecule is CC1=C(N2C(=O)C3(CCC(N(C)Cc4cnc(-n5cnnn5)cn4)CC3)C[C@H]2C)COC1=O. The van der Waals surface area contributed by atoms with Gasteiger partial charge in [-0.2, -0.15) is 4.68 Å². The number of aromatic nitrogens is 6. The summed E-state index contributed by atoms with van der Waals surface area (Å²) in [6.45, 7) is 4.71. The van der Waals surface area contributed by atoms with Crippen molar-refractivity contribution < 1.29 is 14.3 Å². The predicted octanol–water partition coefficient (Wildman–Crippen LogP) is 1.26. The number of ether oxygens (including phenoxy) is 1. The molecule has 0 bridgehead atoms. The van der Waals surface area contributed by atoms with Crippen LogP contribution < -0.4 is 0 Å². The summed E-state index contributed by atoms with van der Waals surface area (Å²) < 4.78 is 6.63. The Balaban J connectivity index is 1.21. The first kappa shape index (κ1) is 21.6. The molecule has 1 saturated carbocycles. The highest BCUT2D eigenvalue weighted by Gasteiger charge is 2.53. The second-order valence-corrected chi connectivity index (χ2v) is 9.42. The third kappa shape index (κ3) is 3.79. The van der Waals surface area contributed by atoms with E-state index in [9.17, 15) is 9.59 Å². The van der Waals surface area contributed by atoms with E-state index in [2.05, 4.69) is 44.4 Å². The lowest BCUT2D eigenvalue weighted by Crippen LogP contribution is -2.42. The summed E-state index contributed by atoms with van der Waals surface area (Å²) in [5, 5.41) is 11.0. The van der Waals surface area contributed by atoms with Gasteiger partial charge < -0.3 is 9.64 Å². The molecule has 4 heterocycles. The molecule has 3 aliphatic rings. The predicted molar refractivity (Wildman–Crippen MR) is 115 cm³/mol. The topological polar surface area (TPSA) is 119 Å². The van der Waals surface area contributed by atoms with Crippen molar-refractivity contribution in [3.63, 3.8) is 0 Å². The summed E-state index contributed by atoms with van der Waals surface area (Å²) in [7, 11) is 2.10. The van der Waals surface area contributed by atoms with Crippen molar-refractivity contribution in [2.24, 2.45) is 5.41 Å². The minimum atomic E-state index is -0.330. The number of tetrazole rings is 1. The van der Waals surface area contributed by atoms with Crippen LogP contribution in [0, 0.1) is 5.41 Å². The van der Waals surface area contributed by atoms with Crippen LogP contribution in [0.3, 0.4) is 0 Å². The lowest BCUT2D eigenvalue weighted by atomic mass is 9.70. The zero-order valence-electron chi connectivity index (χ0n) is 19.1. The molecule has 33 heavy (non-hydrogen) atoms. The van der Waals surface area contributed by atoms with E-state index in [0.29, 0.717) is 24.0 Å². The molecular formula is C22H28N8O3. The van der Waals surface area contributed by atoms with Gasteiger partial charge in [0, 0.05) is 18.6 Å². The molecule has 1 saturated heterocycles. The second kappa shape index (κ2) is 8.29. The smallest absolute Gasteiger partial charge is 0.336 e. The second-order valence-electron chi connectivity index (χ2n) is 9.42. The van der Waals surface area contributed by atoms with Crippen LogP contribution in [0.2, 0.25) is 0 Å². The fourth-order valence-electron chi connectivity index (χ4n) is 5.52. The average molecular weight is 453 g/mol. The van der Waals surface area contributed by atoms with Gasteiger partial charge in [-0.05, 0) is 63.4 Å². The quantitative estimate of drug-likeness (QED) is 0.618. The number of esters is 1. The Morgan fingerprint density at radius 3 is 2.61 bits per heavy atom. The molecular weight excluding hydrogens is 424 g/mol. The Morgan fingerprint density at radius 2 is 2.00 bits per heavy atom. The molecule has 11 nitrogen and oxygen atoms in total. The largest absolute Gasteiger partial charge is 0.456 e. The number of amides is 1. The number of likely N-dealkylation sites (tertiary alicyclic amines) is 1. The van der Waals surface area contributed by atoms with E-state index < -0.39 is 0 Å². The van der Waals surface area contributed by atoms with Crippen molar-refractivity contribution in [3.05, 3.63) is 35.7 Å². The zero-order valence-corrected chi connectivity index (χ0v) is 19.1. The number of carbonyl (C=O) groups excluding carboxylic acids is 2. The van der Waals surface area contributed by atoms with Crippen LogP contribution in [-0.2, 0) is 20.9 Å². The number of carbonyl (C=O) groups is 2. The first-order valence-corrected chi connectivity index (χ1v) is 11.3. The molecule has 2 aromatic heterocycles. The van der Waals surface area contributed by atoms with Crippen LogP contribution in [0.1, 0.15) is 51.6 Å². The molecule has 0 aromatic carbocycles. The molecule has 174 valence electrons. The Labute approximate surface area is 191 Å². The standard InChI is InChI=1S/C22H28N8O3/c1-14-8-22(21(32)30(14)18-12-33-20(31)15(18)2)6-4-17(5-7-22)28(3)11-16-9-24-19(10-23-16)29-13-25-26-27-29/h9-10,13-14,17H,4-8,11-12H2,1-3H3/t14-,17?,22?/m1/s1. The van der Waals surface area contributed by atoms with E-state index in [1.165, 1.54) is 11.0 Å². The maximum absolute atomic E-state index is 13.5. The van der Waals surface area contributed by atoms with E-state index >= 15 is 0 Å². The molecule has 0 N–H and O–H groups in total. The van der Waals surface area contributed by atoms with Crippen molar-refractivity contribution in [2.45, 2.75) is 64.6 Å². The molecule has 2 aromatic rings. The van der Waals surface area contributed by atoms with E-state index in [1.807, 2.05) is 4.90 Å². The van der Waals surface area contributed by atoms with Gasteiger partial charge in [-0.3, -0.25) is 14.7 Å². The van der Waals surface area contributed by atoms with Crippen LogP contribution in [0.15, 0.2) is 30.0 Å². The fourth-order valence-corrected chi connectivity index (χ4v) is 5.52. The summed E-state index contributed by atoms with van der Waals surface area (Å²) in [5.74, 6) is 0.419. The third-order valence-electron chi connectivity index (χ3n) is 7.39. The van der Waals surface area contributed by atoms with E-state index in [1.54, 1.807) is 19.3 Å². The van der Waals surface area contributed by atoms with Crippen molar-refractivity contribution in [3.8, 4) is 5.82 Å². The number of nitrogens with zero attached hydrogens (tertiary/aromatic N) is 8. The number of hydrogen-bond donors (Lipinski definition) is 0. The molecule has 1 spiro atoms. The van der Waals surface area contributed by atoms with Crippen molar-refractivity contribution in [2.75, 3.05) is 13.7 Å². The third-order valence-corrected chi connectivity index (χ3v) is 7.39. The van der Waals surface area contributed by atoms with Crippen molar-refractivity contribution in [1.82, 2.24) is 40.0 Å². The summed E-state index contributed by atoms with van der Waals surface area (Å²) >= 11 is 0. The van der Waals surface area contributed by atoms with E-state index in [0.717, 1.165) is 43.5 Å². The van der Waals surface area contributed by atoms with Crippen LogP contribution in [-0.4, -0.2) is 77.6 Å². The Kier molecular flexibility index (Phi) is 5.43. The molecule has 1 atom stereocenters. The van der Waals surface area contributed by atoms with Gasteiger partial charge in [-0.15, -0.1) is 5.10 Å². The van der Waals surface area contributed by atoms with Gasteiger partial charge in [0.25, 0.3) is 0 Å². The van der Waals surface area contributed by atoms with Gasteiger partial charge >= 0.3 is 5.97 Å². The molecule has 0 unspecified atom stereocenters. The van der Waals surface area contributed by atoms with Gasteiger partial charge in [-0.25, -0.2) is 9.78 Å². The van der Waals surface area contributed by atoms with E-state index in [-0.39, 0.29) is 29.9 Å². The first-order valence-electron chi connectivity index (χ1n) is 11.3. The summed E-state index contributed by atoms with van der Waals surface area (Å²) in [6.07, 6.45) is 9.33. The molecule has 0 radical (unpaired) electrons.